The summed E-state index contributed by atoms with van der Waals surface area (Å²) in [6.45, 7) is 0.501. The molecular weight excluding hydrogens is 217 g/mol. The SMILES string of the molecule is NCCCC[C@@H](N)c1c(F)ccc(F)c1F. The van der Waals surface area contributed by atoms with Gasteiger partial charge in [-0.1, -0.05) is 6.42 Å². The summed E-state index contributed by atoms with van der Waals surface area (Å²) >= 11 is 0. The van der Waals surface area contributed by atoms with Gasteiger partial charge in [0.15, 0.2) is 11.6 Å². The molecule has 90 valence electrons. The molecule has 0 bridgehead atoms. The van der Waals surface area contributed by atoms with Crippen LogP contribution in [-0.4, -0.2) is 6.54 Å². The highest BCUT2D eigenvalue weighted by atomic mass is 19.2. The monoisotopic (exact) mass is 232 g/mol. The first-order valence-electron chi connectivity index (χ1n) is 5.17. The van der Waals surface area contributed by atoms with Crippen LogP contribution < -0.4 is 11.5 Å². The van der Waals surface area contributed by atoms with Gasteiger partial charge in [0.25, 0.3) is 0 Å². The molecule has 0 aliphatic heterocycles. The second-order valence-corrected chi connectivity index (χ2v) is 3.65. The van der Waals surface area contributed by atoms with E-state index in [1.807, 2.05) is 0 Å². The van der Waals surface area contributed by atoms with Crippen LogP contribution in [0.15, 0.2) is 12.1 Å². The minimum atomic E-state index is -1.19. The van der Waals surface area contributed by atoms with Crippen molar-refractivity contribution in [3.63, 3.8) is 0 Å². The lowest BCUT2D eigenvalue weighted by molar-refractivity contribution is 0.454. The average molecular weight is 232 g/mol. The Morgan fingerprint density at radius 2 is 1.69 bits per heavy atom. The first-order valence-corrected chi connectivity index (χ1v) is 5.17. The first kappa shape index (κ1) is 13.0. The second kappa shape index (κ2) is 5.86. The van der Waals surface area contributed by atoms with Gasteiger partial charge in [-0.15, -0.1) is 0 Å². The van der Waals surface area contributed by atoms with Gasteiger partial charge in [0.2, 0.25) is 0 Å². The van der Waals surface area contributed by atoms with Gasteiger partial charge in [-0.25, -0.2) is 13.2 Å². The van der Waals surface area contributed by atoms with Gasteiger partial charge in [-0.3, -0.25) is 0 Å². The Hall–Kier alpha value is -1.07. The van der Waals surface area contributed by atoms with E-state index in [4.69, 9.17) is 11.5 Å². The van der Waals surface area contributed by atoms with Crippen LogP contribution in [0.2, 0.25) is 0 Å². The summed E-state index contributed by atoms with van der Waals surface area (Å²) in [4.78, 5) is 0. The van der Waals surface area contributed by atoms with Gasteiger partial charge in [0.1, 0.15) is 5.82 Å². The van der Waals surface area contributed by atoms with Crippen LogP contribution in [-0.2, 0) is 0 Å². The molecule has 0 radical (unpaired) electrons. The normalized spacial score (nSPS) is 12.8. The van der Waals surface area contributed by atoms with Crippen molar-refractivity contribution in [2.45, 2.75) is 25.3 Å². The molecular formula is C11H15F3N2. The summed E-state index contributed by atoms with van der Waals surface area (Å²) in [6, 6.07) is 0.805. The quantitative estimate of drug-likeness (QED) is 0.604. The Labute approximate surface area is 92.4 Å². The second-order valence-electron chi connectivity index (χ2n) is 3.65. The van der Waals surface area contributed by atoms with Crippen LogP contribution in [0, 0.1) is 17.5 Å². The van der Waals surface area contributed by atoms with Crippen LogP contribution in [0.25, 0.3) is 0 Å². The van der Waals surface area contributed by atoms with Gasteiger partial charge >= 0.3 is 0 Å². The summed E-state index contributed by atoms with van der Waals surface area (Å²) in [7, 11) is 0. The van der Waals surface area contributed by atoms with E-state index in [0.29, 0.717) is 19.4 Å². The smallest absolute Gasteiger partial charge is 0.166 e. The van der Waals surface area contributed by atoms with Crippen molar-refractivity contribution >= 4 is 0 Å². The molecule has 1 aromatic carbocycles. The highest BCUT2D eigenvalue weighted by Crippen LogP contribution is 2.24. The lowest BCUT2D eigenvalue weighted by Gasteiger charge is -2.13. The molecule has 0 saturated carbocycles. The van der Waals surface area contributed by atoms with E-state index in [9.17, 15) is 13.2 Å². The van der Waals surface area contributed by atoms with Gasteiger partial charge in [0, 0.05) is 11.6 Å². The zero-order valence-corrected chi connectivity index (χ0v) is 8.85. The molecule has 1 rings (SSSR count). The van der Waals surface area contributed by atoms with E-state index in [1.54, 1.807) is 0 Å². The molecule has 0 spiro atoms. The van der Waals surface area contributed by atoms with Gasteiger partial charge in [0.05, 0.1) is 0 Å². The predicted octanol–water partition coefficient (Wildman–Crippen LogP) is 2.23. The molecule has 0 aliphatic carbocycles. The molecule has 0 amide bonds. The summed E-state index contributed by atoms with van der Waals surface area (Å²) in [5, 5.41) is 0. The van der Waals surface area contributed by atoms with E-state index in [-0.39, 0.29) is 5.56 Å². The maximum atomic E-state index is 13.3. The summed E-state index contributed by atoms with van der Waals surface area (Å²) < 4.78 is 39.5. The Morgan fingerprint density at radius 3 is 2.31 bits per heavy atom. The third kappa shape index (κ3) is 2.96. The van der Waals surface area contributed by atoms with Crippen molar-refractivity contribution in [2.24, 2.45) is 11.5 Å². The topological polar surface area (TPSA) is 52.0 Å². The maximum Gasteiger partial charge on any atom is 0.166 e. The molecule has 2 nitrogen and oxygen atoms in total. The van der Waals surface area contributed by atoms with Crippen LogP contribution in [0.5, 0.6) is 0 Å². The molecule has 0 heterocycles. The van der Waals surface area contributed by atoms with Crippen LogP contribution in [0.3, 0.4) is 0 Å². The number of rotatable bonds is 5. The zero-order chi connectivity index (χ0) is 12.1. The van der Waals surface area contributed by atoms with Crippen LogP contribution >= 0.6 is 0 Å². The van der Waals surface area contributed by atoms with Crippen LogP contribution in [0.4, 0.5) is 13.2 Å². The molecule has 1 aromatic rings. The van der Waals surface area contributed by atoms with Crippen molar-refractivity contribution < 1.29 is 13.2 Å². The molecule has 0 unspecified atom stereocenters. The average Bonchev–Trinajstić information content (AvgIpc) is 2.24. The fourth-order valence-electron chi connectivity index (χ4n) is 1.54. The third-order valence-electron chi connectivity index (χ3n) is 2.42. The minimum Gasteiger partial charge on any atom is -0.330 e. The van der Waals surface area contributed by atoms with E-state index in [1.165, 1.54) is 0 Å². The van der Waals surface area contributed by atoms with Gasteiger partial charge in [-0.05, 0) is 31.5 Å². The van der Waals surface area contributed by atoms with E-state index in [0.717, 1.165) is 18.6 Å². The minimum absolute atomic E-state index is 0.378. The summed E-state index contributed by atoms with van der Waals surface area (Å²) in [6.07, 6.45) is 1.77. The lowest BCUT2D eigenvalue weighted by atomic mass is 10.0. The van der Waals surface area contributed by atoms with Gasteiger partial charge < -0.3 is 11.5 Å². The molecule has 0 saturated heterocycles. The van der Waals surface area contributed by atoms with Crippen molar-refractivity contribution in [1.82, 2.24) is 0 Å². The van der Waals surface area contributed by atoms with Crippen molar-refractivity contribution in [2.75, 3.05) is 6.54 Å². The fraction of sp³-hybridized carbons (Fsp3) is 0.455. The fourth-order valence-corrected chi connectivity index (χ4v) is 1.54. The highest BCUT2D eigenvalue weighted by molar-refractivity contribution is 5.24. The molecule has 0 aliphatic rings. The molecule has 16 heavy (non-hydrogen) atoms. The maximum absolute atomic E-state index is 13.3. The summed E-state index contributed by atoms with van der Waals surface area (Å²) in [5.41, 5.74) is 10.5. The Morgan fingerprint density at radius 1 is 1.06 bits per heavy atom. The molecule has 0 aromatic heterocycles. The van der Waals surface area contributed by atoms with Crippen LogP contribution in [0.1, 0.15) is 30.9 Å². The van der Waals surface area contributed by atoms with Crippen molar-refractivity contribution in [3.8, 4) is 0 Å². The zero-order valence-electron chi connectivity index (χ0n) is 8.85. The van der Waals surface area contributed by atoms with Gasteiger partial charge in [-0.2, -0.15) is 0 Å². The number of hydrogen-bond acceptors (Lipinski definition) is 2. The van der Waals surface area contributed by atoms with Crippen molar-refractivity contribution in [1.29, 1.82) is 0 Å². The first-order chi connectivity index (χ1) is 7.57. The summed E-state index contributed by atoms with van der Waals surface area (Å²) in [5.74, 6) is -3.08. The number of hydrogen-bond donors (Lipinski definition) is 2. The molecule has 0 fully saturated rings. The Balaban J connectivity index is 2.81. The third-order valence-corrected chi connectivity index (χ3v) is 2.42. The molecule has 1 atom stereocenters. The number of benzene rings is 1. The van der Waals surface area contributed by atoms with Crippen molar-refractivity contribution in [3.05, 3.63) is 35.1 Å². The molecule has 5 heteroatoms. The predicted molar refractivity (Wildman–Crippen MR) is 56.1 cm³/mol. The number of halogens is 3. The number of nitrogens with two attached hydrogens (primary N) is 2. The Bertz CT molecular complexity index is 355. The standard InChI is InChI=1S/C11H15F3N2/c12-7-4-5-8(13)11(14)10(7)9(16)3-1-2-6-15/h4-5,9H,1-3,6,15-16H2/t9-/m1/s1. The lowest BCUT2D eigenvalue weighted by Crippen LogP contribution is -2.15. The van der Waals surface area contributed by atoms with E-state index < -0.39 is 23.5 Å². The Kier molecular flexibility index (Phi) is 4.76. The highest BCUT2D eigenvalue weighted by Gasteiger charge is 2.19. The van der Waals surface area contributed by atoms with E-state index in [2.05, 4.69) is 0 Å². The largest absolute Gasteiger partial charge is 0.330 e. The molecule has 4 N–H and O–H groups in total. The number of unbranched alkanes of at least 4 members (excludes halogenated alkanes) is 1. The van der Waals surface area contributed by atoms with E-state index >= 15 is 0 Å².